The zero-order valence-corrected chi connectivity index (χ0v) is 8.24. The first-order valence-corrected chi connectivity index (χ1v) is 4.47. The van der Waals surface area contributed by atoms with Crippen molar-refractivity contribution >= 4 is 5.97 Å². The highest BCUT2D eigenvalue weighted by Crippen LogP contribution is 2.23. The highest BCUT2D eigenvalue weighted by Gasteiger charge is 2.21. The Kier molecular flexibility index (Phi) is 3.63. The summed E-state index contributed by atoms with van der Waals surface area (Å²) in [4.78, 5) is 10.7. The Balaban J connectivity index is 2.83. The maximum absolute atomic E-state index is 13.1. The number of hydrogen-bond acceptors (Lipinski definition) is 2. The maximum atomic E-state index is 13.1. The van der Waals surface area contributed by atoms with Gasteiger partial charge in [0.15, 0.2) is 6.10 Å². The third kappa shape index (κ3) is 2.83. The molecule has 14 heavy (non-hydrogen) atoms. The number of hydrogen-bond donors (Lipinski definition) is 0. The molecule has 0 saturated carbocycles. The molecule has 0 aliphatic carbocycles. The highest BCUT2D eigenvalue weighted by molar-refractivity contribution is 5.66. The molecule has 0 spiro atoms. The van der Waals surface area contributed by atoms with Gasteiger partial charge in [-0.25, -0.2) is 4.39 Å². The lowest BCUT2D eigenvalue weighted by atomic mass is 10.1. The number of halogens is 1. The fourth-order valence-electron chi connectivity index (χ4n) is 1.25. The molecular formula is C11H13FO2. The molecule has 0 bridgehead atoms. The van der Waals surface area contributed by atoms with Crippen LogP contribution in [0.5, 0.6) is 0 Å². The average molecular weight is 196 g/mol. The van der Waals surface area contributed by atoms with Gasteiger partial charge in [-0.1, -0.05) is 30.3 Å². The number of carbonyl (C=O) groups is 1. The first-order valence-electron chi connectivity index (χ1n) is 4.47. The van der Waals surface area contributed by atoms with Gasteiger partial charge in [0, 0.05) is 6.92 Å². The van der Waals surface area contributed by atoms with Crippen LogP contribution in [-0.4, -0.2) is 12.1 Å². The number of ether oxygens (including phenoxy) is 1. The van der Waals surface area contributed by atoms with E-state index in [0.717, 1.165) is 0 Å². The Morgan fingerprint density at radius 1 is 1.36 bits per heavy atom. The normalized spacial score (nSPS) is 14.5. The first kappa shape index (κ1) is 10.7. The Morgan fingerprint density at radius 2 is 1.93 bits per heavy atom. The zero-order valence-electron chi connectivity index (χ0n) is 8.24. The van der Waals surface area contributed by atoms with Crippen molar-refractivity contribution in [3.63, 3.8) is 0 Å². The molecule has 3 heteroatoms. The van der Waals surface area contributed by atoms with Crippen molar-refractivity contribution < 1.29 is 13.9 Å². The van der Waals surface area contributed by atoms with Gasteiger partial charge in [-0.2, -0.15) is 0 Å². The third-order valence-electron chi connectivity index (χ3n) is 1.84. The average Bonchev–Trinajstić information content (AvgIpc) is 2.15. The van der Waals surface area contributed by atoms with Gasteiger partial charge in [0.1, 0.15) is 6.17 Å². The van der Waals surface area contributed by atoms with Crippen molar-refractivity contribution in [1.82, 2.24) is 0 Å². The van der Waals surface area contributed by atoms with Crippen LogP contribution in [0.25, 0.3) is 0 Å². The topological polar surface area (TPSA) is 26.3 Å². The van der Waals surface area contributed by atoms with Crippen LogP contribution in [0, 0.1) is 0 Å². The molecule has 0 aromatic heterocycles. The lowest BCUT2D eigenvalue weighted by molar-refractivity contribution is -0.149. The van der Waals surface area contributed by atoms with E-state index in [4.69, 9.17) is 4.74 Å². The van der Waals surface area contributed by atoms with Crippen molar-refractivity contribution in [3.8, 4) is 0 Å². The summed E-state index contributed by atoms with van der Waals surface area (Å²) in [5, 5.41) is 0. The quantitative estimate of drug-likeness (QED) is 0.695. The Hall–Kier alpha value is -1.38. The molecule has 0 aliphatic rings. The molecule has 2 atom stereocenters. The van der Waals surface area contributed by atoms with Crippen LogP contribution in [0.1, 0.15) is 25.5 Å². The Bertz CT molecular complexity index is 295. The van der Waals surface area contributed by atoms with Crippen LogP contribution >= 0.6 is 0 Å². The van der Waals surface area contributed by atoms with Crippen molar-refractivity contribution in [3.05, 3.63) is 35.9 Å². The second-order valence-electron chi connectivity index (χ2n) is 3.12. The second kappa shape index (κ2) is 4.74. The first-order chi connectivity index (χ1) is 6.61. The van der Waals surface area contributed by atoms with E-state index >= 15 is 0 Å². The SMILES string of the molecule is CC(=O)OC(c1ccccc1)C(C)F. The second-order valence-corrected chi connectivity index (χ2v) is 3.12. The summed E-state index contributed by atoms with van der Waals surface area (Å²) in [5.41, 5.74) is 0.678. The molecule has 0 saturated heterocycles. The van der Waals surface area contributed by atoms with Crippen LogP contribution in [0.4, 0.5) is 4.39 Å². The standard InChI is InChI=1S/C11H13FO2/c1-8(12)11(14-9(2)13)10-6-4-3-5-7-10/h3-8,11H,1-2H3. The van der Waals surface area contributed by atoms with Crippen LogP contribution in [-0.2, 0) is 9.53 Å². The molecule has 2 nitrogen and oxygen atoms in total. The van der Waals surface area contributed by atoms with Gasteiger partial charge >= 0.3 is 5.97 Å². The summed E-state index contributed by atoms with van der Waals surface area (Å²) in [6.45, 7) is 2.65. The van der Waals surface area contributed by atoms with E-state index in [-0.39, 0.29) is 0 Å². The maximum Gasteiger partial charge on any atom is 0.303 e. The van der Waals surface area contributed by atoms with Gasteiger partial charge in [0.25, 0.3) is 0 Å². The summed E-state index contributed by atoms with van der Waals surface area (Å²) >= 11 is 0. The molecule has 0 amide bonds. The molecule has 0 radical (unpaired) electrons. The van der Waals surface area contributed by atoms with Crippen molar-refractivity contribution in [1.29, 1.82) is 0 Å². The molecule has 0 aliphatic heterocycles. The van der Waals surface area contributed by atoms with E-state index in [1.807, 2.05) is 6.07 Å². The van der Waals surface area contributed by atoms with Gasteiger partial charge in [-0.05, 0) is 12.5 Å². The van der Waals surface area contributed by atoms with E-state index in [1.54, 1.807) is 24.3 Å². The summed E-state index contributed by atoms with van der Waals surface area (Å²) in [5.74, 6) is -0.469. The van der Waals surface area contributed by atoms with Gasteiger partial charge in [0.2, 0.25) is 0 Å². The van der Waals surface area contributed by atoms with E-state index in [9.17, 15) is 9.18 Å². The lowest BCUT2D eigenvalue weighted by Gasteiger charge is -2.18. The van der Waals surface area contributed by atoms with Gasteiger partial charge in [0.05, 0.1) is 0 Å². The number of alkyl halides is 1. The minimum absolute atomic E-state index is 0.469. The predicted molar refractivity (Wildman–Crippen MR) is 51.5 cm³/mol. The molecule has 0 N–H and O–H groups in total. The fraction of sp³-hybridized carbons (Fsp3) is 0.364. The van der Waals surface area contributed by atoms with Crippen LogP contribution < -0.4 is 0 Å². The molecule has 0 heterocycles. The number of benzene rings is 1. The van der Waals surface area contributed by atoms with Crippen LogP contribution in [0.2, 0.25) is 0 Å². The molecular weight excluding hydrogens is 183 g/mol. The fourth-order valence-corrected chi connectivity index (χ4v) is 1.25. The van der Waals surface area contributed by atoms with Gasteiger partial charge < -0.3 is 4.74 Å². The zero-order chi connectivity index (χ0) is 10.6. The summed E-state index contributed by atoms with van der Waals surface area (Å²) in [7, 11) is 0. The summed E-state index contributed by atoms with van der Waals surface area (Å²) in [6.07, 6.45) is -2.00. The van der Waals surface area contributed by atoms with Crippen molar-refractivity contribution in [2.24, 2.45) is 0 Å². The summed E-state index contributed by atoms with van der Waals surface area (Å²) in [6, 6.07) is 8.88. The van der Waals surface area contributed by atoms with E-state index in [0.29, 0.717) is 5.56 Å². The summed E-state index contributed by atoms with van der Waals surface area (Å²) < 4.78 is 18.0. The Morgan fingerprint density at radius 3 is 2.36 bits per heavy atom. The van der Waals surface area contributed by atoms with Crippen molar-refractivity contribution in [2.45, 2.75) is 26.1 Å². The minimum Gasteiger partial charge on any atom is -0.455 e. The smallest absolute Gasteiger partial charge is 0.303 e. The predicted octanol–water partition coefficient (Wildman–Crippen LogP) is 2.65. The lowest BCUT2D eigenvalue weighted by Crippen LogP contribution is -2.16. The van der Waals surface area contributed by atoms with Crippen LogP contribution in [0.15, 0.2) is 30.3 Å². The largest absolute Gasteiger partial charge is 0.455 e. The number of carbonyl (C=O) groups excluding carboxylic acids is 1. The molecule has 76 valence electrons. The molecule has 1 aromatic carbocycles. The van der Waals surface area contributed by atoms with E-state index in [1.165, 1.54) is 13.8 Å². The monoisotopic (exact) mass is 196 g/mol. The molecule has 0 fully saturated rings. The van der Waals surface area contributed by atoms with E-state index in [2.05, 4.69) is 0 Å². The molecule has 1 aromatic rings. The van der Waals surface area contributed by atoms with Crippen LogP contribution in [0.3, 0.4) is 0 Å². The van der Waals surface area contributed by atoms with Crippen molar-refractivity contribution in [2.75, 3.05) is 0 Å². The molecule has 2 unspecified atom stereocenters. The minimum atomic E-state index is -1.21. The third-order valence-corrected chi connectivity index (χ3v) is 1.84. The van der Waals surface area contributed by atoms with Gasteiger partial charge in [-0.15, -0.1) is 0 Å². The van der Waals surface area contributed by atoms with Gasteiger partial charge in [-0.3, -0.25) is 4.79 Å². The van der Waals surface area contributed by atoms with E-state index < -0.39 is 18.2 Å². The Labute approximate surface area is 82.7 Å². The molecule has 1 rings (SSSR count). The highest BCUT2D eigenvalue weighted by atomic mass is 19.1. The number of esters is 1. The number of rotatable bonds is 3.